The fraction of sp³-hybridized carbons (Fsp3) is 0.714. The normalized spacial score (nSPS) is 16.5. The van der Waals surface area contributed by atoms with Crippen LogP contribution in [0.15, 0.2) is 24.3 Å². The van der Waals surface area contributed by atoms with Gasteiger partial charge in [-0.1, -0.05) is 38.5 Å². The monoisotopic (exact) mass is 210 g/mol. The second-order valence-electron chi connectivity index (χ2n) is 4.85. The maximum absolute atomic E-state index is 9.98. The van der Waals surface area contributed by atoms with E-state index in [9.17, 15) is 5.11 Å². The van der Waals surface area contributed by atoms with Gasteiger partial charge in [-0.05, 0) is 38.5 Å². The van der Waals surface area contributed by atoms with E-state index in [1.807, 2.05) is 6.92 Å². The van der Waals surface area contributed by atoms with Crippen molar-refractivity contribution in [3.63, 3.8) is 0 Å². The summed E-state index contributed by atoms with van der Waals surface area (Å²) in [6, 6.07) is 0. The highest BCUT2D eigenvalue weighted by Gasteiger charge is 2.18. The Hall–Kier alpha value is -0.560. The zero-order valence-corrected chi connectivity index (χ0v) is 10.7. The van der Waals surface area contributed by atoms with Crippen molar-refractivity contribution in [1.29, 1.82) is 0 Å². The lowest BCUT2D eigenvalue weighted by Gasteiger charge is -2.21. The second-order valence-corrected chi connectivity index (χ2v) is 4.85. The Morgan fingerprint density at radius 2 is 2.07 bits per heavy atom. The van der Waals surface area contributed by atoms with Gasteiger partial charge in [-0.15, -0.1) is 6.58 Å². The van der Waals surface area contributed by atoms with Crippen molar-refractivity contribution in [2.24, 2.45) is 5.92 Å². The van der Waals surface area contributed by atoms with Crippen LogP contribution in [0.1, 0.15) is 53.4 Å². The van der Waals surface area contributed by atoms with Gasteiger partial charge in [-0.3, -0.25) is 0 Å². The van der Waals surface area contributed by atoms with Gasteiger partial charge >= 0.3 is 0 Å². The molecule has 1 nitrogen and oxygen atoms in total. The molecule has 1 unspecified atom stereocenters. The first-order chi connectivity index (χ1) is 6.93. The molecule has 0 aromatic heterocycles. The highest BCUT2D eigenvalue weighted by molar-refractivity contribution is 5.02. The van der Waals surface area contributed by atoms with E-state index in [4.69, 9.17) is 0 Å². The molecule has 88 valence electrons. The van der Waals surface area contributed by atoms with E-state index in [1.165, 1.54) is 5.57 Å². The average molecular weight is 210 g/mol. The van der Waals surface area contributed by atoms with Crippen LogP contribution in [0.3, 0.4) is 0 Å². The van der Waals surface area contributed by atoms with Crippen molar-refractivity contribution in [2.45, 2.75) is 59.0 Å². The fourth-order valence-electron chi connectivity index (χ4n) is 1.72. The number of allylic oxidation sites excluding steroid dienone is 2. The third kappa shape index (κ3) is 6.51. The molecule has 1 N–H and O–H groups in total. The van der Waals surface area contributed by atoms with E-state index in [0.29, 0.717) is 5.92 Å². The molecule has 0 aliphatic carbocycles. The number of hydrogen-bond donors (Lipinski definition) is 1. The van der Waals surface area contributed by atoms with Crippen LogP contribution in [0.25, 0.3) is 0 Å². The van der Waals surface area contributed by atoms with Gasteiger partial charge in [0.25, 0.3) is 0 Å². The summed E-state index contributed by atoms with van der Waals surface area (Å²) in [4.78, 5) is 0. The predicted octanol–water partition coefficient (Wildman–Crippen LogP) is 4.09. The van der Waals surface area contributed by atoms with E-state index in [2.05, 4.69) is 33.4 Å². The highest BCUT2D eigenvalue weighted by Crippen LogP contribution is 2.20. The molecule has 0 aromatic rings. The van der Waals surface area contributed by atoms with E-state index in [-0.39, 0.29) is 0 Å². The molecule has 0 aliphatic rings. The van der Waals surface area contributed by atoms with Crippen LogP contribution in [0, 0.1) is 5.92 Å². The molecule has 15 heavy (non-hydrogen) atoms. The summed E-state index contributed by atoms with van der Waals surface area (Å²) < 4.78 is 0. The summed E-state index contributed by atoms with van der Waals surface area (Å²) in [5.74, 6) is 0.714. The first kappa shape index (κ1) is 14.4. The molecule has 0 radical (unpaired) electrons. The second kappa shape index (κ2) is 6.84. The lowest BCUT2D eigenvalue weighted by atomic mass is 9.93. The topological polar surface area (TPSA) is 20.2 Å². The van der Waals surface area contributed by atoms with Crippen molar-refractivity contribution in [3.8, 4) is 0 Å². The van der Waals surface area contributed by atoms with Gasteiger partial charge in [0, 0.05) is 0 Å². The van der Waals surface area contributed by atoms with Crippen LogP contribution >= 0.6 is 0 Å². The van der Waals surface area contributed by atoms with Gasteiger partial charge in [0.2, 0.25) is 0 Å². The summed E-state index contributed by atoms with van der Waals surface area (Å²) in [5, 5.41) is 9.98. The largest absolute Gasteiger partial charge is 0.386 e. The molecule has 1 atom stereocenters. The molecule has 0 aliphatic heterocycles. The minimum Gasteiger partial charge on any atom is -0.386 e. The van der Waals surface area contributed by atoms with Gasteiger partial charge in [-0.2, -0.15) is 0 Å². The van der Waals surface area contributed by atoms with Crippen molar-refractivity contribution in [2.75, 3.05) is 0 Å². The molecule has 0 rings (SSSR count). The predicted molar refractivity (Wildman–Crippen MR) is 67.9 cm³/mol. The zero-order chi connectivity index (χ0) is 11.9. The van der Waals surface area contributed by atoms with Gasteiger partial charge in [0.05, 0.1) is 5.60 Å². The maximum atomic E-state index is 9.98. The first-order valence-electron chi connectivity index (χ1n) is 5.95. The van der Waals surface area contributed by atoms with Crippen molar-refractivity contribution in [1.82, 2.24) is 0 Å². The first-order valence-corrected chi connectivity index (χ1v) is 5.95. The van der Waals surface area contributed by atoms with Crippen LogP contribution in [0.4, 0.5) is 0 Å². The molecule has 0 amide bonds. The van der Waals surface area contributed by atoms with Crippen molar-refractivity contribution in [3.05, 3.63) is 24.3 Å². The summed E-state index contributed by atoms with van der Waals surface area (Å²) in [5.41, 5.74) is 0.752. The Bertz CT molecular complexity index is 215. The molecule has 0 heterocycles. The fourth-order valence-corrected chi connectivity index (χ4v) is 1.72. The SMILES string of the molecule is C=CC(O)(CC)CC/C=C(\C)CC(C)C. The van der Waals surface area contributed by atoms with Crippen LogP contribution in [-0.4, -0.2) is 10.7 Å². The number of hydrogen-bond acceptors (Lipinski definition) is 1. The lowest BCUT2D eigenvalue weighted by molar-refractivity contribution is 0.0788. The number of rotatable bonds is 7. The Labute approximate surface area is 94.9 Å². The third-order valence-electron chi connectivity index (χ3n) is 2.79. The van der Waals surface area contributed by atoms with E-state index < -0.39 is 5.60 Å². The summed E-state index contributed by atoms with van der Waals surface area (Å²) in [6.07, 6.45) is 7.52. The minimum absolute atomic E-state index is 0.672. The quantitative estimate of drug-likeness (QED) is 0.628. The lowest BCUT2D eigenvalue weighted by Crippen LogP contribution is -2.23. The van der Waals surface area contributed by atoms with Gasteiger partial charge in [-0.25, -0.2) is 0 Å². The van der Waals surface area contributed by atoms with Crippen LogP contribution in [0.2, 0.25) is 0 Å². The Balaban J connectivity index is 4.00. The Morgan fingerprint density at radius 3 is 2.47 bits per heavy atom. The van der Waals surface area contributed by atoms with Crippen LogP contribution in [-0.2, 0) is 0 Å². The summed E-state index contributed by atoms with van der Waals surface area (Å²) >= 11 is 0. The van der Waals surface area contributed by atoms with Crippen molar-refractivity contribution < 1.29 is 5.11 Å². The molecule has 0 aromatic carbocycles. The van der Waals surface area contributed by atoms with E-state index in [0.717, 1.165) is 25.7 Å². The Kier molecular flexibility index (Phi) is 6.58. The number of aliphatic hydroxyl groups is 1. The minimum atomic E-state index is -0.672. The maximum Gasteiger partial charge on any atom is 0.0825 e. The summed E-state index contributed by atoms with van der Waals surface area (Å²) in [6.45, 7) is 12.3. The van der Waals surface area contributed by atoms with Crippen LogP contribution in [0.5, 0.6) is 0 Å². The van der Waals surface area contributed by atoms with Gasteiger partial charge < -0.3 is 5.11 Å². The molecular weight excluding hydrogens is 184 g/mol. The molecule has 0 fully saturated rings. The smallest absolute Gasteiger partial charge is 0.0825 e. The molecule has 0 saturated heterocycles. The zero-order valence-electron chi connectivity index (χ0n) is 10.7. The molecule has 0 spiro atoms. The molecule has 0 bridgehead atoms. The van der Waals surface area contributed by atoms with Crippen LogP contribution < -0.4 is 0 Å². The third-order valence-corrected chi connectivity index (χ3v) is 2.79. The molecule has 0 saturated carbocycles. The summed E-state index contributed by atoms with van der Waals surface area (Å²) in [7, 11) is 0. The Morgan fingerprint density at radius 1 is 1.47 bits per heavy atom. The molecular formula is C14H26O. The molecule has 1 heteroatoms. The standard InChI is InChI=1S/C14H26O/c1-6-14(15,7-2)10-8-9-13(5)11-12(3)4/h6,9,12,15H,1,7-8,10-11H2,2-5H3/b13-9+. The van der Waals surface area contributed by atoms with Gasteiger partial charge in [0.15, 0.2) is 0 Å². The highest BCUT2D eigenvalue weighted by atomic mass is 16.3. The average Bonchev–Trinajstić information content (AvgIpc) is 2.16. The van der Waals surface area contributed by atoms with E-state index in [1.54, 1.807) is 6.08 Å². The van der Waals surface area contributed by atoms with Gasteiger partial charge in [0.1, 0.15) is 0 Å². The van der Waals surface area contributed by atoms with Crippen molar-refractivity contribution >= 4 is 0 Å². The van der Waals surface area contributed by atoms with E-state index >= 15 is 0 Å².